The fraction of sp³-hybridized carbons (Fsp3) is 0.500. The van der Waals surface area contributed by atoms with E-state index >= 15 is 0 Å². The Hall–Kier alpha value is -3.59. The van der Waals surface area contributed by atoms with Gasteiger partial charge in [-0.25, -0.2) is 0 Å². The lowest BCUT2D eigenvalue weighted by atomic mass is 10.6. The van der Waals surface area contributed by atoms with E-state index in [2.05, 4.69) is 0 Å². The Balaban J connectivity index is -0.0000000305. The van der Waals surface area contributed by atoms with E-state index < -0.39 is 29.8 Å². The Kier molecular flexibility index (Phi) is 68.0. The molecule has 15 nitrogen and oxygen atoms in total. The lowest BCUT2D eigenvalue weighted by Crippen LogP contribution is -2.24. The van der Waals surface area contributed by atoms with Gasteiger partial charge in [0.1, 0.15) is 0 Å². The summed E-state index contributed by atoms with van der Waals surface area (Å²) in [7, 11) is 0. The monoisotopic (exact) mass is 435 g/mol. The molecule has 0 saturated carbocycles. The second-order valence-electron chi connectivity index (χ2n) is 3.83. The molecule has 0 aliphatic rings. The van der Waals surface area contributed by atoms with Crippen LogP contribution in [-0.2, 0) is 33.6 Å². The maximum Gasteiger partial charge on any atom is 0.300 e. The van der Waals surface area contributed by atoms with Gasteiger partial charge in [-0.1, -0.05) is 0 Å². The minimum absolute atomic E-state index is 0. The highest BCUT2D eigenvalue weighted by atomic mass is 16.4. The topological polar surface area (TPSA) is 303 Å². The van der Waals surface area contributed by atoms with Gasteiger partial charge in [0.05, 0.1) is 0 Å². The van der Waals surface area contributed by atoms with Crippen molar-refractivity contribution >= 4 is 41.7 Å². The maximum atomic E-state index is 9.92. The molecule has 0 fully saturated rings. The van der Waals surface area contributed by atoms with Crippen LogP contribution in [0.3, 0.4) is 0 Å². The third-order valence-corrected chi connectivity index (χ3v) is 0.352. The van der Waals surface area contributed by atoms with E-state index in [4.69, 9.17) is 49.5 Å². The van der Waals surface area contributed by atoms with Crippen LogP contribution in [0.15, 0.2) is 0 Å². The highest BCUT2D eigenvalue weighted by Crippen LogP contribution is 1.58. The summed E-state index contributed by atoms with van der Waals surface area (Å²) >= 11 is 0. The lowest BCUT2D eigenvalue weighted by molar-refractivity contribution is -0.135. The number of hydrogen-bond donors (Lipinski definition) is 8. The number of carbonyl (C=O) groups excluding carboxylic acids is 2. The Bertz CT molecular complexity index is 377. The number of carbonyl (C=O) groups is 7. The lowest BCUT2D eigenvalue weighted by Gasteiger charge is -1.88. The molecule has 0 spiro atoms. The van der Waals surface area contributed by atoms with E-state index in [9.17, 15) is 9.59 Å². The Morgan fingerprint density at radius 2 is 0.483 bits per heavy atom. The van der Waals surface area contributed by atoms with Gasteiger partial charge in [-0.15, -0.1) is 0 Å². The minimum Gasteiger partial charge on any atom is -0.481 e. The van der Waals surface area contributed by atoms with Crippen LogP contribution < -0.4 is 17.6 Å². The summed E-state index contributed by atoms with van der Waals surface area (Å²) in [6.07, 6.45) is 0. The predicted molar refractivity (Wildman–Crippen MR) is 101 cm³/mol. The van der Waals surface area contributed by atoms with Crippen LogP contribution in [0.2, 0.25) is 0 Å². The van der Waals surface area contributed by atoms with Crippen molar-refractivity contribution in [1.29, 1.82) is 0 Å². The quantitative estimate of drug-likeness (QED) is 0.256. The Labute approximate surface area is 167 Å². The zero-order valence-corrected chi connectivity index (χ0v) is 17.5. The smallest absolute Gasteiger partial charge is 0.300 e. The van der Waals surface area contributed by atoms with E-state index in [1.165, 1.54) is 13.8 Å². The predicted octanol–water partition coefficient (Wildman–Crippen LogP) is 0.448. The van der Waals surface area contributed by atoms with Gasteiger partial charge in [0.15, 0.2) is 0 Å². The molecular weight excluding hydrogens is 402 g/mol. The first kappa shape index (κ1) is 50.0. The van der Waals surface area contributed by atoms with Crippen LogP contribution in [0.25, 0.3) is 0 Å². The normalized spacial score (nSPS) is 6.17. The second kappa shape index (κ2) is 39.5. The zero-order valence-electron chi connectivity index (χ0n) is 17.5. The van der Waals surface area contributed by atoms with E-state index in [1.807, 2.05) is 5.32 Å². The summed E-state index contributed by atoms with van der Waals surface area (Å²) in [6, 6.07) is 0. The van der Waals surface area contributed by atoms with Gasteiger partial charge in [-0.2, -0.15) is 0 Å². The summed E-state index contributed by atoms with van der Waals surface area (Å²) in [5, 5.41) is 39.1. The van der Waals surface area contributed by atoms with Crippen molar-refractivity contribution in [2.45, 2.75) is 48.5 Å². The number of hydrogen-bond acceptors (Lipinski definition) is 9. The molecule has 0 unspecified atom stereocenters. The van der Waals surface area contributed by atoms with E-state index in [1.54, 1.807) is 0 Å². The van der Waals surface area contributed by atoms with Crippen molar-refractivity contribution in [3.8, 4) is 0 Å². The number of nitrogens with one attached hydrogen (secondary N) is 1. The molecule has 0 radical (unpaired) electrons. The van der Waals surface area contributed by atoms with E-state index in [0.29, 0.717) is 0 Å². The second-order valence-corrected chi connectivity index (χ2v) is 3.83. The SMILES string of the molecule is CC(=O)NC(C)=O.CC(=O)O.CC(=O)O.CC(=O)O.CC(=O)O.CC(=O)O.N.N. The molecule has 0 aliphatic heterocycles. The molecule has 0 aromatic carbocycles. The molecule has 0 saturated heterocycles. The summed E-state index contributed by atoms with van der Waals surface area (Å²) in [5.41, 5.74) is 0. The summed E-state index contributed by atoms with van der Waals surface area (Å²) in [5.74, 6) is -4.79. The molecule has 0 aromatic heterocycles. The number of aliphatic carboxylic acids is 5. The molecule has 12 N–H and O–H groups in total. The van der Waals surface area contributed by atoms with Crippen molar-refractivity contribution in [1.82, 2.24) is 17.6 Å². The zero-order chi connectivity index (χ0) is 23.7. The van der Waals surface area contributed by atoms with Crippen molar-refractivity contribution in [3.05, 3.63) is 0 Å². The highest BCUT2D eigenvalue weighted by molar-refractivity contribution is 5.92. The summed E-state index contributed by atoms with van der Waals surface area (Å²) in [4.78, 5) is 64.8. The largest absolute Gasteiger partial charge is 0.481 e. The van der Waals surface area contributed by atoms with Crippen LogP contribution in [0.1, 0.15) is 48.5 Å². The van der Waals surface area contributed by atoms with Gasteiger partial charge in [-0.3, -0.25) is 38.9 Å². The van der Waals surface area contributed by atoms with Crippen LogP contribution in [0.5, 0.6) is 0 Å². The summed E-state index contributed by atoms with van der Waals surface area (Å²) in [6.45, 7) is 8.00. The third kappa shape index (κ3) is 72900. The third-order valence-electron chi connectivity index (χ3n) is 0.352. The van der Waals surface area contributed by atoms with Crippen molar-refractivity contribution in [3.63, 3.8) is 0 Å². The average Bonchev–Trinajstić information content (AvgIpc) is 2.21. The first-order valence-electron chi connectivity index (χ1n) is 6.55. The van der Waals surface area contributed by atoms with E-state index in [-0.39, 0.29) is 24.1 Å². The van der Waals surface area contributed by atoms with Crippen molar-refractivity contribution < 1.29 is 59.1 Å². The molecule has 0 aliphatic carbocycles. The van der Waals surface area contributed by atoms with Gasteiger partial charge in [-0.05, 0) is 0 Å². The average molecular weight is 435 g/mol. The molecule has 176 valence electrons. The number of carboxylic acid groups (broad SMARTS) is 5. The summed E-state index contributed by atoms with van der Waals surface area (Å²) < 4.78 is 0. The molecular formula is C14H33N3O12. The van der Waals surface area contributed by atoms with Crippen molar-refractivity contribution in [2.75, 3.05) is 0 Å². The molecule has 0 aromatic rings. The van der Waals surface area contributed by atoms with Crippen LogP contribution in [0, 0.1) is 0 Å². The van der Waals surface area contributed by atoms with Gasteiger partial charge in [0.25, 0.3) is 29.8 Å². The highest BCUT2D eigenvalue weighted by Gasteiger charge is 1.90. The number of amides is 2. The first-order valence-corrected chi connectivity index (χ1v) is 6.55. The van der Waals surface area contributed by atoms with Gasteiger partial charge in [0.2, 0.25) is 11.8 Å². The van der Waals surface area contributed by atoms with Crippen molar-refractivity contribution in [2.24, 2.45) is 0 Å². The Morgan fingerprint density at radius 3 is 0.483 bits per heavy atom. The molecule has 0 rings (SSSR count). The minimum atomic E-state index is -0.833. The van der Waals surface area contributed by atoms with Crippen LogP contribution in [-0.4, -0.2) is 67.2 Å². The molecule has 0 bridgehead atoms. The number of rotatable bonds is 0. The maximum absolute atomic E-state index is 9.92. The number of imide groups is 1. The number of carboxylic acids is 5. The molecule has 29 heavy (non-hydrogen) atoms. The standard InChI is InChI=1S/C4H7NO2.5C2H4O2.2H3N/c1-3(6)5-4(2)7;5*1-2(3)4;;/h1-2H3,(H,5,6,7);5*1H3,(H,3,4);2*1H3. The molecule has 0 atom stereocenters. The van der Waals surface area contributed by atoms with Gasteiger partial charge < -0.3 is 37.8 Å². The van der Waals surface area contributed by atoms with Gasteiger partial charge in [0, 0.05) is 48.5 Å². The van der Waals surface area contributed by atoms with Gasteiger partial charge >= 0.3 is 0 Å². The van der Waals surface area contributed by atoms with Crippen LogP contribution in [0.4, 0.5) is 0 Å². The first-order chi connectivity index (χ1) is 11.8. The Morgan fingerprint density at radius 1 is 0.414 bits per heavy atom. The molecule has 0 heterocycles. The fourth-order valence-electron chi connectivity index (χ4n) is 0.248. The van der Waals surface area contributed by atoms with E-state index in [0.717, 1.165) is 34.6 Å². The van der Waals surface area contributed by atoms with Crippen LogP contribution >= 0.6 is 0 Å². The molecule has 15 heteroatoms. The fourth-order valence-corrected chi connectivity index (χ4v) is 0.248. The molecule has 2 amide bonds.